The summed E-state index contributed by atoms with van der Waals surface area (Å²) in [5.74, 6) is 0. The summed E-state index contributed by atoms with van der Waals surface area (Å²) >= 11 is 0. The predicted octanol–water partition coefficient (Wildman–Crippen LogP) is 5.47. The smallest absolute Gasteiger partial charge is 0.344 e. The molecule has 0 unspecified atom stereocenters. The number of hydrogen-bond acceptors (Lipinski definition) is 3. The van der Waals surface area contributed by atoms with Crippen LogP contribution in [0.3, 0.4) is 0 Å². The summed E-state index contributed by atoms with van der Waals surface area (Å²) < 4.78 is 32.9. The van der Waals surface area contributed by atoms with Gasteiger partial charge >= 0.3 is 34.7 Å². The van der Waals surface area contributed by atoms with E-state index >= 15 is 0 Å². The largest absolute Gasteiger partial charge is 3.00 e. The third-order valence-corrected chi connectivity index (χ3v) is 10.3. The second kappa shape index (κ2) is 24.3. The summed E-state index contributed by atoms with van der Waals surface area (Å²) in [6, 6.07) is 0. The molecule has 0 aliphatic heterocycles. The molecule has 168 valence electrons. The van der Waals surface area contributed by atoms with E-state index in [9.17, 15) is 13.7 Å². The van der Waals surface area contributed by atoms with Crippen LogP contribution < -0.4 is 0 Å². The average Bonchev–Trinajstić information content (AvgIpc) is 2.47. The molecule has 0 aliphatic rings. The Kier molecular flexibility index (Phi) is 34.3. The summed E-state index contributed by atoms with van der Waals surface area (Å²) in [6.07, 6.45) is 7.80. The molecule has 3 N–H and O–H groups in total. The van der Waals surface area contributed by atoms with Crippen molar-refractivity contribution in [1.82, 2.24) is 0 Å². The molecular weight excluding hydrogens is 459 g/mol. The van der Waals surface area contributed by atoms with Crippen LogP contribution in [0.25, 0.3) is 0 Å². The van der Waals surface area contributed by atoms with Crippen molar-refractivity contribution in [2.45, 2.75) is 80.1 Å². The number of hydrogen-bond donors (Lipinski definition) is 3. The van der Waals surface area contributed by atoms with Crippen LogP contribution in [0, 0.1) is 0 Å². The zero-order valence-corrected chi connectivity index (χ0v) is 24.5. The van der Waals surface area contributed by atoms with Crippen LogP contribution in [0.5, 0.6) is 0 Å². The van der Waals surface area contributed by atoms with E-state index in [-0.39, 0.29) is 34.7 Å². The fourth-order valence-corrected chi connectivity index (χ4v) is 7.30. The van der Waals surface area contributed by atoms with Gasteiger partial charge in [-0.1, -0.05) is 41.5 Å². The van der Waals surface area contributed by atoms with Crippen LogP contribution >= 0.6 is 22.1 Å². The molecule has 0 saturated carbocycles. The first-order valence-corrected chi connectivity index (χ1v) is 16.4. The van der Waals surface area contributed by atoms with E-state index in [1.165, 1.54) is 0 Å². The molecule has 0 fully saturated rings. The topological polar surface area (TPSA) is 112 Å². The van der Waals surface area contributed by atoms with Crippen LogP contribution in [0.15, 0.2) is 0 Å². The summed E-state index contributed by atoms with van der Waals surface area (Å²) in [6.45, 7) is 11.6. The Balaban J connectivity index is -0.0000000960. The molecule has 0 heterocycles. The van der Waals surface area contributed by atoms with Gasteiger partial charge < -0.3 is 14.7 Å². The Morgan fingerprint density at radius 2 is 0.517 bits per heavy atom. The quantitative estimate of drug-likeness (QED) is 0.240. The van der Waals surface area contributed by atoms with Gasteiger partial charge in [0.15, 0.2) is 0 Å². The third kappa shape index (κ3) is 34.4. The molecule has 0 radical (unpaired) electrons. The minimum absolute atomic E-state index is 0. The molecule has 0 aromatic carbocycles. The first-order valence-electron chi connectivity index (χ1n) is 10.3. The van der Waals surface area contributed by atoms with Gasteiger partial charge in [-0.2, -0.15) is 0 Å². The van der Waals surface area contributed by atoms with Crippen LogP contribution in [0.2, 0.25) is 0 Å². The van der Waals surface area contributed by atoms with Crippen molar-refractivity contribution in [3.05, 3.63) is 0 Å². The van der Waals surface area contributed by atoms with Gasteiger partial charge in [-0.3, -0.25) is 13.7 Å². The molecule has 29 heavy (non-hydrogen) atoms. The van der Waals surface area contributed by atoms with Crippen molar-refractivity contribution >= 4 is 56.8 Å². The molecule has 0 saturated heterocycles. The van der Waals surface area contributed by atoms with Crippen LogP contribution in [-0.4, -0.2) is 86.4 Å². The minimum atomic E-state index is -2.69. The van der Waals surface area contributed by atoms with E-state index in [1.54, 1.807) is 0 Å². The average molecular weight is 504 g/mol. The zero-order chi connectivity index (χ0) is 22.0. The third-order valence-electron chi connectivity index (χ3n) is 3.44. The molecule has 0 aromatic rings. The van der Waals surface area contributed by atoms with Gasteiger partial charge in [0.25, 0.3) is 0 Å². The second-order valence-corrected chi connectivity index (χ2v) is 14.6. The van der Waals surface area contributed by atoms with Gasteiger partial charge in [-0.15, -0.1) is 0 Å². The molecule has 0 amide bonds. The second-order valence-electron chi connectivity index (χ2n) is 6.88. The molecule has 6 nitrogen and oxygen atoms in total. The predicted molar refractivity (Wildman–Crippen MR) is 132 cm³/mol. The van der Waals surface area contributed by atoms with Gasteiger partial charge in [0.2, 0.25) is 22.1 Å². The minimum Gasteiger partial charge on any atom is -0.344 e. The molecule has 0 bridgehead atoms. The normalized spacial score (nSPS) is 11.1. The Bertz CT molecular complexity index is 382. The van der Waals surface area contributed by atoms with Crippen molar-refractivity contribution in [2.24, 2.45) is 0 Å². The molecule has 0 atom stereocenters. The van der Waals surface area contributed by atoms with Crippen molar-refractivity contribution in [2.75, 3.05) is 37.0 Å². The van der Waals surface area contributed by atoms with Gasteiger partial charge in [-0.25, -0.2) is 0 Å². The summed E-state index contributed by atoms with van der Waals surface area (Å²) in [5.41, 5.74) is 0. The molecule has 0 spiro atoms. The first-order chi connectivity index (χ1) is 12.4. The molecule has 0 aromatic heterocycles. The molecule has 0 rings (SSSR count). The van der Waals surface area contributed by atoms with E-state index in [0.29, 0.717) is 37.0 Å². The van der Waals surface area contributed by atoms with Crippen LogP contribution in [0.4, 0.5) is 0 Å². The fraction of sp³-hybridized carbons (Fsp3) is 1.00. The Hall–Kier alpha value is 1.63. The van der Waals surface area contributed by atoms with E-state index in [1.807, 2.05) is 41.5 Å². The molecule has 0 aliphatic carbocycles. The van der Waals surface area contributed by atoms with Gasteiger partial charge in [-0.05, 0) is 38.5 Å². The standard InChI is InChI=1S/3C6H15O2P.2Al/c3*1-3-5-9(7,8)6-4-2;;/h3*3-6H2,1-2H3,(H,7,8);;/q;;;2*+3. The van der Waals surface area contributed by atoms with E-state index in [4.69, 9.17) is 14.7 Å². The van der Waals surface area contributed by atoms with Gasteiger partial charge in [0.05, 0.1) is 0 Å². The first kappa shape index (κ1) is 40.9. The maximum atomic E-state index is 11.0. The van der Waals surface area contributed by atoms with Crippen molar-refractivity contribution in [3.63, 3.8) is 0 Å². The van der Waals surface area contributed by atoms with E-state index < -0.39 is 22.1 Å². The SMILES string of the molecule is CCCP(=O)(O)CCC.CCCP(=O)(O)CCC.CCCP(=O)(O)CCC.[Al+3].[Al+3]. The Morgan fingerprint density at radius 3 is 0.586 bits per heavy atom. The van der Waals surface area contributed by atoms with Crippen LogP contribution in [-0.2, 0) is 13.7 Å². The zero-order valence-electron chi connectivity index (χ0n) is 19.5. The maximum Gasteiger partial charge on any atom is 3.00 e. The summed E-state index contributed by atoms with van der Waals surface area (Å²) in [7, 11) is -8.08. The van der Waals surface area contributed by atoms with E-state index in [0.717, 1.165) is 38.5 Å². The van der Waals surface area contributed by atoms with Crippen molar-refractivity contribution in [1.29, 1.82) is 0 Å². The monoisotopic (exact) mass is 504 g/mol. The fourth-order valence-electron chi connectivity index (χ4n) is 2.43. The van der Waals surface area contributed by atoms with Crippen molar-refractivity contribution < 1.29 is 28.4 Å². The Morgan fingerprint density at radius 1 is 0.414 bits per heavy atom. The molecule has 11 heteroatoms. The Labute approximate surface area is 201 Å². The summed E-state index contributed by atoms with van der Waals surface area (Å²) in [4.78, 5) is 27.2. The molecular formula is C18H45Al2O6P3+6. The van der Waals surface area contributed by atoms with Gasteiger partial charge in [0, 0.05) is 37.0 Å². The maximum absolute atomic E-state index is 11.0. The number of rotatable bonds is 12. The van der Waals surface area contributed by atoms with Crippen LogP contribution in [0.1, 0.15) is 80.1 Å². The van der Waals surface area contributed by atoms with Crippen molar-refractivity contribution in [3.8, 4) is 0 Å². The summed E-state index contributed by atoms with van der Waals surface area (Å²) in [5, 5.41) is 0. The van der Waals surface area contributed by atoms with E-state index in [2.05, 4.69) is 0 Å². The van der Waals surface area contributed by atoms with Gasteiger partial charge in [0.1, 0.15) is 0 Å².